The lowest BCUT2D eigenvalue weighted by atomic mass is 9.49. The van der Waals surface area contributed by atoms with Gasteiger partial charge in [0.1, 0.15) is 34.7 Å². The summed E-state index contributed by atoms with van der Waals surface area (Å²) in [6.07, 6.45) is 34.8. The predicted molar refractivity (Wildman–Crippen MR) is 544 cm³/mol. The highest BCUT2D eigenvalue weighted by atomic mass is 16.2. The summed E-state index contributed by atoms with van der Waals surface area (Å²) in [5.74, 6) is 7.43. The van der Waals surface area contributed by atoms with Crippen LogP contribution in [0.4, 0.5) is 45.5 Å². The van der Waals surface area contributed by atoms with E-state index in [1.165, 1.54) is 51.4 Å². The Morgan fingerprint density at radius 1 is 0.264 bits per heavy atom. The van der Waals surface area contributed by atoms with Crippen LogP contribution >= 0.6 is 0 Å². The molecule has 10 aliphatic carbocycles. The average Bonchev–Trinajstić information content (AvgIpc) is 1.45. The summed E-state index contributed by atoms with van der Waals surface area (Å²) in [4.78, 5) is 149. The highest BCUT2D eigenvalue weighted by Crippen LogP contribution is 2.62. The molecule has 10 saturated carbocycles. The van der Waals surface area contributed by atoms with Crippen molar-refractivity contribution in [2.75, 3.05) is 42.5 Å². The molecule has 0 spiro atoms. The third-order valence-corrected chi connectivity index (χ3v) is 29.3. The molecular weight excluding hydrogens is 1750 g/mol. The Kier molecular flexibility index (Phi) is 25.8. The number of aromatic amines is 4. The number of hydrogen-bond donors (Lipinski definition) is 12. The highest BCUT2D eigenvalue weighted by molar-refractivity contribution is 6.08. The molecular formula is C112H108N20O8. The van der Waals surface area contributed by atoms with Crippen molar-refractivity contribution >= 4 is 137 Å². The van der Waals surface area contributed by atoms with Gasteiger partial charge < -0.3 is 62.5 Å². The first-order chi connectivity index (χ1) is 68.4. The molecule has 0 aliphatic heterocycles. The molecule has 8 bridgehead atoms. The molecule has 0 unspecified atom stereocenters. The van der Waals surface area contributed by atoms with Crippen molar-refractivity contribution in [3.63, 3.8) is 0 Å². The lowest BCUT2D eigenvalue weighted by molar-refractivity contribution is -0.141. The largest absolute Gasteiger partial charge is 0.338 e. The normalized spacial score (nSPS) is 20.3. The Bertz CT molecular complexity index is 6760. The molecule has 140 heavy (non-hydrogen) atoms. The van der Waals surface area contributed by atoms with Crippen LogP contribution in [-0.4, -0.2) is 107 Å². The van der Waals surface area contributed by atoms with Crippen molar-refractivity contribution in [2.45, 2.75) is 141 Å². The molecule has 0 atom stereocenters. The summed E-state index contributed by atoms with van der Waals surface area (Å²) >= 11 is 0. The van der Waals surface area contributed by atoms with Crippen molar-refractivity contribution in [3.05, 3.63) is 290 Å². The molecule has 0 radical (unpaired) electrons. The van der Waals surface area contributed by atoms with Crippen molar-refractivity contribution < 1.29 is 38.4 Å². The van der Waals surface area contributed by atoms with Crippen LogP contribution in [0.15, 0.2) is 268 Å². The fraction of sp³-hybridized carbons (Fsp3) is 0.286. The molecule has 8 heterocycles. The first kappa shape index (κ1) is 90.5. The van der Waals surface area contributed by atoms with Gasteiger partial charge in [-0.15, -0.1) is 0 Å². The number of nitrogens with one attached hydrogen (secondary N) is 12. The summed E-state index contributed by atoms with van der Waals surface area (Å²) in [5.41, 5.74) is 17.7. The fourth-order valence-corrected chi connectivity index (χ4v) is 23.1. The van der Waals surface area contributed by atoms with Gasteiger partial charge in [-0.2, -0.15) is 0 Å². The van der Waals surface area contributed by atoms with Crippen LogP contribution in [0.2, 0.25) is 0 Å². The molecule has 26 rings (SSSR count). The second kappa shape index (κ2) is 40.0. The smallest absolute Gasteiger partial charge is 0.274 e. The van der Waals surface area contributed by atoms with Gasteiger partial charge in [-0.3, -0.25) is 58.3 Å². The van der Waals surface area contributed by atoms with Crippen LogP contribution in [0.1, 0.15) is 183 Å². The second-order valence-electron chi connectivity index (χ2n) is 39.2. The highest BCUT2D eigenvalue weighted by Gasteiger charge is 2.56. The number of rotatable bonds is 20. The number of carbonyl (C=O) groups is 8. The number of amides is 8. The number of carbonyl (C=O) groups excluding carboxylic acids is 8. The molecule has 8 aromatic heterocycles. The average molecular weight is 1860 g/mol. The number of aromatic nitrogens is 12. The molecule has 704 valence electrons. The second-order valence-corrected chi connectivity index (χ2v) is 39.2. The summed E-state index contributed by atoms with van der Waals surface area (Å²) in [7, 11) is 0. The first-order valence-corrected chi connectivity index (χ1v) is 48.9. The standard InChI is InChI=1S/2C30H29N5O2.2C26H25N5O2/c36-28(22-7-9-31-10-8-22)32-24-5-6-25-26(14-24)35-27(34-25)21-1-3-23(4-2-21)33-29(37)30-15-18-11-19(16-30)13-20(12-18)17-30;36-28(25-3-1-2-10-31-25)32-23-8-9-24-26(14-23)35-27(34-24)21-4-6-22(7-5-21)33-29(37)30-15-18-11-19(16-30)13-20(12-18)17-30;32-25(18-6-2-1-3-7-18)28-19-11-9-17(10-12-19)24-30-21-14-13-20(16-23(21)31-24)29-26(33)22-8-4-5-15-27-22;32-25(18-4-2-1-3-5-18)28-20-8-6-17(7-9-20)24-30-22-11-10-21(16-23(22)31-24)29-26(33)19-12-14-27-15-13-19/h2*1-10,14,18-20H,11-13,15-17H2,(H,32,36)(H,33,37)(H,34,35);4-5,8-16,18H,1-3,6-7H2,(H,28,32)(H,29,33)(H,30,31);6-16,18H,1-5H2,(H,28,32)(H,29,33)(H,30,31). The monoisotopic (exact) mass is 1860 g/mol. The van der Waals surface area contributed by atoms with Crippen molar-refractivity contribution in [1.29, 1.82) is 0 Å². The molecule has 0 saturated heterocycles. The maximum Gasteiger partial charge on any atom is 0.274 e. The fourth-order valence-electron chi connectivity index (χ4n) is 23.1. The van der Waals surface area contributed by atoms with Gasteiger partial charge in [0.2, 0.25) is 23.6 Å². The Morgan fingerprint density at radius 3 is 0.800 bits per heavy atom. The zero-order valence-corrected chi connectivity index (χ0v) is 77.4. The van der Waals surface area contributed by atoms with Gasteiger partial charge in [0.05, 0.1) is 55.0 Å². The number of hydrogen-bond acceptors (Lipinski definition) is 16. The Hall–Kier alpha value is -16.0. The number of pyridine rings is 4. The van der Waals surface area contributed by atoms with Crippen LogP contribution in [-0.2, 0) is 19.2 Å². The van der Waals surface area contributed by atoms with Gasteiger partial charge in [-0.05, 0) is 357 Å². The minimum Gasteiger partial charge on any atom is -0.338 e. The van der Waals surface area contributed by atoms with Crippen molar-refractivity contribution in [2.24, 2.45) is 58.2 Å². The number of nitrogens with zero attached hydrogens (tertiary/aromatic N) is 8. The van der Waals surface area contributed by atoms with Gasteiger partial charge in [0.15, 0.2) is 0 Å². The van der Waals surface area contributed by atoms with Crippen LogP contribution in [0, 0.1) is 58.2 Å². The molecule has 28 heteroatoms. The summed E-state index contributed by atoms with van der Waals surface area (Å²) in [6.45, 7) is 0. The van der Waals surface area contributed by atoms with Gasteiger partial charge in [-0.1, -0.05) is 50.7 Å². The van der Waals surface area contributed by atoms with E-state index in [2.05, 4.69) is 92.4 Å². The number of H-pyrrole nitrogens is 4. The third-order valence-electron chi connectivity index (χ3n) is 29.3. The molecule has 10 fully saturated rings. The van der Waals surface area contributed by atoms with E-state index in [1.54, 1.807) is 97.8 Å². The lowest BCUT2D eigenvalue weighted by Crippen LogP contribution is -2.51. The van der Waals surface area contributed by atoms with Crippen LogP contribution in [0.3, 0.4) is 0 Å². The molecule has 12 N–H and O–H groups in total. The van der Waals surface area contributed by atoms with E-state index in [0.717, 1.165) is 238 Å². The van der Waals surface area contributed by atoms with Crippen molar-refractivity contribution in [3.8, 4) is 45.6 Å². The SMILES string of the molecule is O=C(Nc1ccc2nc(-c3ccc(NC(=O)C45CC6CC(CC(C6)C4)C5)cc3)[nH]c2c1)c1ccccn1.O=C(Nc1ccc2nc(-c3ccc(NC(=O)C45CC6CC(CC(C6)C4)C5)cc3)[nH]c2c1)c1ccncc1.O=C(Nc1ccc2nc(-c3ccc(NC(=O)C4CCCCC4)cc3)[nH]c2c1)c1ccccn1.O=C(Nc1ccc2nc(-c3ccc(NC(=O)C4CCCCC4)cc3)[nH]c2c1)c1ccncc1. The minimum atomic E-state index is -0.263. The van der Waals surface area contributed by atoms with Gasteiger partial charge in [0, 0.05) is 128 Å². The predicted octanol–water partition coefficient (Wildman–Crippen LogP) is 22.9. The quantitative estimate of drug-likeness (QED) is 0.0337. The summed E-state index contributed by atoms with van der Waals surface area (Å²) in [5, 5.41) is 24.1. The van der Waals surface area contributed by atoms with E-state index >= 15 is 0 Å². The molecule has 8 aromatic carbocycles. The topological polar surface area (TPSA) is 399 Å². The van der Waals surface area contributed by atoms with Crippen molar-refractivity contribution in [1.82, 2.24) is 59.8 Å². The first-order valence-electron chi connectivity index (χ1n) is 48.9. The maximum absolute atomic E-state index is 13.4. The maximum atomic E-state index is 13.4. The van der Waals surface area contributed by atoms with E-state index in [1.807, 2.05) is 170 Å². The minimum absolute atomic E-state index is 0.117. The molecule has 8 amide bonds. The third kappa shape index (κ3) is 20.7. The van der Waals surface area contributed by atoms with Gasteiger partial charge in [-0.25, -0.2) is 19.9 Å². The van der Waals surface area contributed by atoms with E-state index in [-0.39, 0.29) is 69.9 Å². The summed E-state index contributed by atoms with van der Waals surface area (Å²) in [6, 6.07) is 70.6. The lowest BCUT2D eigenvalue weighted by Gasteiger charge is -2.55. The molecule has 16 aromatic rings. The number of benzene rings is 8. The van der Waals surface area contributed by atoms with Crippen LogP contribution in [0.5, 0.6) is 0 Å². The van der Waals surface area contributed by atoms with Crippen LogP contribution in [0.25, 0.3) is 89.7 Å². The Morgan fingerprint density at radius 2 is 0.529 bits per heavy atom. The van der Waals surface area contributed by atoms with E-state index in [0.29, 0.717) is 45.3 Å². The zero-order chi connectivity index (χ0) is 95.2. The van der Waals surface area contributed by atoms with Crippen LogP contribution < -0.4 is 42.5 Å². The molecule has 10 aliphatic rings. The zero-order valence-electron chi connectivity index (χ0n) is 77.4. The van der Waals surface area contributed by atoms with E-state index in [4.69, 9.17) is 9.97 Å². The Labute approximate surface area is 808 Å². The van der Waals surface area contributed by atoms with Gasteiger partial charge >= 0.3 is 0 Å². The summed E-state index contributed by atoms with van der Waals surface area (Å²) < 4.78 is 0. The number of imidazole rings is 4. The van der Waals surface area contributed by atoms with E-state index < -0.39 is 0 Å². The van der Waals surface area contributed by atoms with E-state index in [9.17, 15) is 38.4 Å². The Balaban J connectivity index is 0.000000111. The molecule has 28 nitrogen and oxygen atoms in total. The number of fused-ring (bicyclic) bond motifs is 4. The van der Waals surface area contributed by atoms with Gasteiger partial charge in [0.25, 0.3) is 23.6 Å². The number of anilines is 8.